The Morgan fingerprint density at radius 2 is 1.82 bits per heavy atom. The van der Waals surface area contributed by atoms with E-state index in [2.05, 4.69) is 25.1 Å². The Kier molecular flexibility index (Phi) is 4.81. The van der Waals surface area contributed by atoms with Crippen molar-refractivity contribution in [1.29, 1.82) is 0 Å². The zero-order valence-electron chi connectivity index (χ0n) is 13.6. The minimum Gasteiger partial charge on any atom is -0.239 e. The second kappa shape index (κ2) is 6.81. The van der Waals surface area contributed by atoms with Crippen molar-refractivity contribution >= 4 is 5.57 Å². The van der Waals surface area contributed by atoms with Gasteiger partial charge in [0, 0.05) is 6.42 Å². The Morgan fingerprint density at radius 1 is 1.09 bits per heavy atom. The molecule has 0 aliphatic heterocycles. The van der Waals surface area contributed by atoms with E-state index < -0.39 is 5.67 Å². The number of allylic oxidation sites excluding steroid dienone is 4. The fourth-order valence-electron chi connectivity index (χ4n) is 4.12. The smallest absolute Gasteiger partial charge is 0.135 e. The predicted molar refractivity (Wildman–Crippen MR) is 92.4 cm³/mol. The van der Waals surface area contributed by atoms with Crippen molar-refractivity contribution < 1.29 is 4.39 Å². The fraction of sp³-hybridized carbons (Fsp3) is 0.524. The minimum absolute atomic E-state index is 0.213. The van der Waals surface area contributed by atoms with Gasteiger partial charge in [-0.1, -0.05) is 75.1 Å². The highest BCUT2D eigenvalue weighted by atomic mass is 19.1. The molecule has 1 atom stereocenters. The van der Waals surface area contributed by atoms with Gasteiger partial charge in [0.1, 0.15) is 5.67 Å². The molecule has 0 N–H and O–H groups in total. The maximum atomic E-state index is 15.3. The zero-order valence-corrected chi connectivity index (χ0v) is 13.6. The summed E-state index contributed by atoms with van der Waals surface area (Å²) >= 11 is 0. The molecule has 22 heavy (non-hydrogen) atoms. The van der Waals surface area contributed by atoms with Gasteiger partial charge in [0.15, 0.2) is 0 Å². The van der Waals surface area contributed by atoms with Crippen molar-refractivity contribution in [2.45, 2.75) is 57.5 Å². The molecular weight excluding hydrogens is 271 g/mol. The quantitative estimate of drug-likeness (QED) is 0.608. The predicted octanol–water partition coefficient (Wildman–Crippen LogP) is 6.34. The van der Waals surface area contributed by atoms with Crippen LogP contribution in [0.15, 0.2) is 48.6 Å². The number of hydrogen-bond donors (Lipinski definition) is 0. The van der Waals surface area contributed by atoms with E-state index in [-0.39, 0.29) is 5.92 Å². The molecule has 2 aliphatic carbocycles. The molecule has 0 amide bonds. The van der Waals surface area contributed by atoms with Crippen molar-refractivity contribution in [2.24, 2.45) is 11.8 Å². The fourth-order valence-corrected chi connectivity index (χ4v) is 4.12. The molecule has 0 heterocycles. The van der Waals surface area contributed by atoms with Gasteiger partial charge in [0.05, 0.1) is 0 Å². The molecular formula is C21H27F. The average Bonchev–Trinajstić information content (AvgIpc) is 2.57. The van der Waals surface area contributed by atoms with Crippen LogP contribution in [0.2, 0.25) is 0 Å². The first-order chi connectivity index (χ1) is 10.7. The standard InChI is InChI=1S/C21H27F/c1-2-6-17-9-11-20(12-10-17)21(22)15-13-19(14-16-21)18-7-4-3-5-8-18/h3-5,7-8,13-15,17,20H,2,6,9-12,16H2,1H3. The van der Waals surface area contributed by atoms with Crippen molar-refractivity contribution in [3.63, 3.8) is 0 Å². The summed E-state index contributed by atoms with van der Waals surface area (Å²) in [6.45, 7) is 2.25. The van der Waals surface area contributed by atoms with Gasteiger partial charge in [-0.15, -0.1) is 0 Å². The van der Waals surface area contributed by atoms with Crippen LogP contribution in [-0.2, 0) is 0 Å². The molecule has 0 radical (unpaired) electrons. The molecule has 1 unspecified atom stereocenters. The van der Waals surface area contributed by atoms with Crippen molar-refractivity contribution in [2.75, 3.05) is 0 Å². The summed E-state index contributed by atoms with van der Waals surface area (Å²) in [5, 5.41) is 0. The molecule has 1 aromatic rings. The van der Waals surface area contributed by atoms with Crippen LogP contribution in [0.3, 0.4) is 0 Å². The van der Waals surface area contributed by atoms with Gasteiger partial charge in [0.25, 0.3) is 0 Å². The molecule has 1 fully saturated rings. The second-order valence-corrected chi connectivity index (χ2v) is 7.00. The molecule has 3 rings (SSSR count). The van der Waals surface area contributed by atoms with E-state index in [9.17, 15) is 0 Å². The molecule has 1 aromatic carbocycles. The van der Waals surface area contributed by atoms with Gasteiger partial charge in [-0.2, -0.15) is 0 Å². The largest absolute Gasteiger partial charge is 0.239 e. The zero-order chi connectivity index (χ0) is 15.4. The van der Waals surface area contributed by atoms with Crippen LogP contribution < -0.4 is 0 Å². The van der Waals surface area contributed by atoms with Crippen LogP contribution in [0.4, 0.5) is 4.39 Å². The van der Waals surface area contributed by atoms with Gasteiger partial charge in [-0.3, -0.25) is 0 Å². The monoisotopic (exact) mass is 298 g/mol. The Hall–Kier alpha value is -1.37. The van der Waals surface area contributed by atoms with E-state index >= 15 is 4.39 Å². The summed E-state index contributed by atoms with van der Waals surface area (Å²) < 4.78 is 15.3. The van der Waals surface area contributed by atoms with E-state index in [1.54, 1.807) is 0 Å². The van der Waals surface area contributed by atoms with E-state index in [1.165, 1.54) is 31.2 Å². The summed E-state index contributed by atoms with van der Waals surface area (Å²) in [5.74, 6) is 1.05. The van der Waals surface area contributed by atoms with E-state index in [1.807, 2.05) is 30.4 Å². The summed E-state index contributed by atoms with van der Waals surface area (Å²) in [4.78, 5) is 0. The van der Waals surface area contributed by atoms with Crippen LogP contribution in [0.25, 0.3) is 5.57 Å². The topological polar surface area (TPSA) is 0 Å². The Morgan fingerprint density at radius 3 is 2.41 bits per heavy atom. The number of hydrogen-bond acceptors (Lipinski definition) is 0. The highest BCUT2D eigenvalue weighted by Gasteiger charge is 2.39. The Bertz CT molecular complexity index is 534. The summed E-state index contributed by atoms with van der Waals surface area (Å²) in [7, 11) is 0. The van der Waals surface area contributed by atoms with E-state index in [0.29, 0.717) is 6.42 Å². The van der Waals surface area contributed by atoms with Crippen molar-refractivity contribution in [3.8, 4) is 0 Å². The van der Waals surface area contributed by atoms with Crippen LogP contribution in [-0.4, -0.2) is 5.67 Å². The molecule has 0 spiro atoms. The maximum absolute atomic E-state index is 15.3. The van der Waals surface area contributed by atoms with Crippen molar-refractivity contribution in [1.82, 2.24) is 0 Å². The second-order valence-electron chi connectivity index (χ2n) is 7.00. The molecule has 1 heteroatoms. The van der Waals surface area contributed by atoms with Gasteiger partial charge < -0.3 is 0 Å². The van der Waals surface area contributed by atoms with Gasteiger partial charge in [-0.25, -0.2) is 4.39 Å². The normalized spacial score (nSPS) is 31.8. The molecule has 0 aromatic heterocycles. The van der Waals surface area contributed by atoms with Crippen LogP contribution in [0.1, 0.15) is 57.4 Å². The lowest BCUT2D eigenvalue weighted by Gasteiger charge is -2.37. The molecule has 1 saturated carbocycles. The third kappa shape index (κ3) is 3.34. The number of rotatable bonds is 4. The van der Waals surface area contributed by atoms with Gasteiger partial charge in [0.2, 0.25) is 0 Å². The average molecular weight is 298 g/mol. The molecule has 2 aliphatic rings. The van der Waals surface area contributed by atoms with Gasteiger partial charge in [-0.05, 0) is 41.9 Å². The number of benzene rings is 1. The molecule has 0 nitrogen and oxygen atoms in total. The third-order valence-corrected chi connectivity index (χ3v) is 5.50. The van der Waals surface area contributed by atoms with E-state index in [4.69, 9.17) is 0 Å². The lowest BCUT2D eigenvalue weighted by Crippen LogP contribution is -2.34. The highest BCUT2D eigenvalue weighted by Crippen LogP contribution is 2.44. The van der Waals surface area contributed by atoms with Crippen LogP contribution in [0.5, 0.6) is 0 Å². The first-order valence-electron chi connectivity index (χ1n) is 8.85. The summed E-state index contributed by atoms with van der Waals surface area (Å²) in [6, 6.07) is 10.3. The lowest BCUT2D eigenvalue weighted by atomic mass is 9.71. The molecule has 0 bridgehead atoms. The summed E-state index contributed by atoms with van der Waals surface area (Å²) in [5.41, 5.74) is 1.23. The SMILES string of the molecule is CCCC1CCC(C2(F)C=CC(c3ccccc3)=CC2)CC1. The Balaban J connectivity index is 1.63. The Labute approximate surface area is 134 Å². The first kappa shape index (κ1) is 15.5. The van der Waals surface area contributed by atoms with Crippen LogP contribution >= 0.6 is 0 Å². The highest BCUT2D eigenvalue weighted by molar-refractivity contribution is 5.75. The molecule has 0 saturated heterocycles. The first-order valence-corrected chi connectivity index (χ1v) is 8.85. The maximum Gasteiger partial charge on any atom is 0.135 e. The number of alkyl halides is 1. The minimum atomic E-state index is -1.12. The summed E-state index contributed by atoms with van der Waals surface area (Å²) in [6.07, 6.45) is 13.6. The van der Waals surface area contributed by atoms with Crippen molar-refractivity contribution in [3.05, 3.63) is 54.1 Å². The van der Waals surface area contributed by atoms with E-state index in [0.717, 1.165) is 24.3 Å². The molecule has 118 valence electrons. The lowest BCUT2D eigenvalue weighted by molar-refractivity contribution is 0.0893. The van der Waals surface area contributed by atoms with Crippen LogP contribution in [0, 0.1) is 11.8 Å². The third-order valence-electron chi connectivity index (χ3n) is 5.50. The van der Waals surface area contributed by atoms with Gasteiger partial charge >= 0.3 is 0 Å². The number of halogens is 1.